The van der Waals surface area contributed by atoms with Crippen molar-refractivity contribution in [2.75, 3.05) is 46.0 Å². The topological polar surface area (TPSA) is 169 Å². The monoisotopic (exact) mass is 726 g/mol. The summed E-state index contributed by atoms with van der Waals surface area (Å²) in [5.74, 6) is -0.314. The van der Waals surface area contributed by atoms with Crippen LogP contribution in [0.1, 0.15) is 47.2 Å². The Labute approximate surface area is 308 Å². The number of nitrogens with zero attached hydrogens (tertiary/aromatic N) is 1. The van der Waals surface area contributed by atoms with Crippen molar-refractivity contribution in [1.82, 2.24) is 0 Å². The highest BCUT2D eigenvalue weighted by atomic mass is 16.5. The van der Waals surface area contributed by atoms with E-state index in [9.17, 15) is 24.4 Å². The average molecular weight is 727 g/mol. The lowest BCUT2D eigenvalue weighted by Gasteiger charge is -2.13. The fourth-order valence-corrected chi connectivity index (χ4v) is 4.55. The number of esters is 3. The van der Waals surface area contributed by atoms with Crippen molar-refractivity contribution in [2.24, 2.45) is 0 Å². The summed E-state index contributed by atoms with van der Waals surface area (Å²) in [5, 5.41) is 12.5. The van der Waals surface area contributed by atoms with Crippen molar-refractivity contribution in [1.29, 1.82) is 5.26 Å². The van der Waals surface area contributed by atoms with Gasteiger partial charge in [0, 0.05) is 17.8 Å². The molecule has 3 rings (SSSR count). The molecule has 0 aromatic heterocycles. The first kappa shape index (κ1) is 40.9. The van der Waals surface area contributed by atoms with E-state index in [1.165, 1.54) is 32.4 Å². The van der Waals surface area contributed by atoms with Crippen LogP contribution in [-0.2, 0) is 23.9 Å². The van der Waals surface area contributed by atoms with Crippen molar-refractivity contribution in [2.45, 2.75) is 32.6 Å². The third-order valence-electron chi connectivity index (χ3n) is 7.33. The van der Waals surface area contributed by atoms with Crippen LogP contribution in [-0.4, -0.2) is 64.5 Å². The molecule has 1 amide bonds. The molecule has 13 nitrogen and oxygen atoms in total. The van der Waals surface area contributed by atoms with Crippen LogP contribution in [0.25, 0.3) is 6.08 Å². The van der Waals surface area contributed by atoms with Crippen LogP contribution in [0.4, 0.5) is 5.69 Å². The zero-order valence-electron chi connectivity index (χ0n) is 29.9. The highest BCUT2D eigenvalue weighted by Gasteiger charge is 2.16. The van der Waals surface area contributed by atoms with Gasteiger partial charge in [0.1, 0.15) is 17.4 Å². The van der Waals surface area contributed by atoms with Gasteiger partial charge < -0.3 is 38.5 Å². The van der Waals surface area contributed by atoms with Crippen molar-refractivity contribution < 1.29 is 52.3 Å². The maximum absolute atomic E-state index is 13.1. The van der Waals surface area contributed by atoms with E-state index < -0.39 is 23.8 Å². The maximum Gasteiger partial charge on any atom is 0.343 e. The standard InChI is InChI=1S/C40H42N2O11/c1-6-37(43)51-20-10-8-18-49-33-16-12-28(24-35(33)47-4)23-30(26-41)39(45)42-32-15-14-31(22-27(32)3)53-40(46)29-13-17-34(36(25-29)48-5)50-19-9-11-21-52-38(44)7-2/h6-7,12-17,22-25H,1-2,8-11,18-21H2,3-5H3,(H,42,45)/b30-23+. The Hall–Kier alpha value is -6.55. The van der Waals surface area contributed by atoms with Crippen molar-refractivity contribution in [3.8, 4) is 34.8 Å². The number of methoxy groups -OCH3 is 2. The molecule has 0 atom stereocenters. The Morgan fingerprint density at radius 3 is 1.85 bits per heavy atom. The third-order valence-corrected chi connectivity index (χ3v) is 7.33. The van der Waals surface area contributed by atoms with E-state index in [4.69, 9.17) is 33.2 Å². The molecule has 0 aliphatic heterocycles. The number of benzene rings is 3. The SMILES string of the molecule is C=CC(=O)OCCCCOc1ccc(/C=C(\C#N)C(=O)Nc2ccc(OC(=O)c3ccc(OCCCCOC(=O)C=C)c(OC)c3)cc2C)cc1OC. The maximum atomic E-state index is 13.1. The van der Waals surface area contributed by atoms with Crippen LogP contribution in [0.5, 0.6) is 28.7 Å². The molecule has 0 heterocycles. The molecule has 1 N–H and O–H groups in total. The molecule has 0 saturated heterocycles. The molecule has 278 valence electrons. The number of carbonyl (C=O) groups excluding carboxylic acids is 4. The quantitative estimate of drug-likeness (QED) is 0.0414. The number of hydrogen-bond acceptors (Lipinski definition) is 12. The molecule has 0 spiro atoms. The van der Waals surface area contributed by atoms with E-state index in [2.05, 4.69) is 18.5 Å². The van der Waals surface area contributed by atoms with E-state index >= 15 is 0 Å². The molecule has 0 saturated carbocycles. The molecule has 3 aromatic rings. The molecule has 0 unspecified atom stereocenters. The van der Waals surface area contributed by atoms with Crippen LogP contribution in [0.2, 0.25) is 0 Å². The molecule has 0 radical (unpaired) electrons. The van der Waals surface area contributed by atoms with Gasteiger partial charge >= 0.3 is 17.9 Å². The van der Waals surface area contributed by atoms with Gasteiger partial charge in [-0.05, 0) is 98.3 Å². The Kier molecular flexibility index (Phi) is 16.7. The molecule has 0 bridgehead atoms. The zero-order chi connectivity index (χ0) is 38.6. The largest absolute Gasteiger partial charge is 0.493 e. The molecular weight excluding hydrogens is 684 g/mol. The predicted octanol–water partition coefficient (Wildman–Crippen LogP) is 6.55. The van der Waals surface area contributed by atoms with Gasteiger partial charge in [-0.15, -0.1) is 0 Å². The number of nitriles is 1. The first-order valence-electron chi connectivity index (χ1n) is 16.6. The van der Waals surface area contributed by atoms with Crippen molar-refractivity contribution >= 4 is 35.6 Å². The molecule has 0 fully saturated rings. The first-order valence-corrected chi connectivity index (χ1v) is 16.6. The Morgan fingerprint density at radius 2 is 1.30 bits per heavy atom. The summed E-state index contributed by atoms with van der Waals surface area (Å²) in [6, 6.07) is 16.3. The lowest BCUT2D eigenvalue weighted by Crippen LogP contribution is -2.14. The average Bonchev–Trinajstić information content (AvgIpc) is 3.17. The van der Waals surface area contributed by atoms with Gasteiger partial charge in [0.05, 0.1) is 46.2 Å². The van der Waals surface area contributed by atoms with Crippen molar-refractivity contribution in [3.63, 3.8) is 0 Å². The number of aryl methyl sites for hydroxylation is 1. The lowest BCUT2D eigenvalue weighted by molar-refractivity contribution is -0.138. The number of ether oxygens (including phenoxy) is 7. The summed E-state index contributed by atoms with van der Waals surface area (Å²) >= 11 is 0. The summed E-state index contributed by atoms with van der Waals surface area (Å²) in [5.41, 5.74) is 1.61. The lowest BCUT2D eigenvalue weighted by atomic mass is 10.1. The van der Waals surface area contributed by atoms with Crippen LogP contribution in [0.15, 0.2) is 85.5 Å². The number of rotatable bonds is 21. The van der Waals surface area contributed by atoms with E-state index in [1.54, 1.807) is 49.4 Å². The highest BCUT2D eigenvalue weighted by Crippen LogP contribution is 2.31. The fourth-order valence-electron chi connectivity index (χ4n) is 4.55. The minimum Gasteiger partial charge on any atom is -0.493 e. The van der Waals surface area contributed by atoms with Gasteiger partial charge in [0.2, 0.25) is 0 Å². The van der Waals surface area contributed by atoms with Crippen LogP contribution in [0.3, 0.4) is 0 Å². The number of unbranched alkanes of at least 4 members (excludes halogenated alkanes) is 2. The van der Waals surface area contributed by atoms with Gasteiger partial charge in [-0.2, -0.15) is 5.26 Å². The smallest absolute Gasteiger partial charge is 0.343 e. The zero-order valence-corrected chi connectivity index (χ0v) is 29.9. The van der Waals surface area contributed by atoms with E-state index in [0.29, 0.717) is 78.7 Å². The Morgan fingerprint density at radius 1 is 0.736 bits per heavy atom. The minimum atomic E-state index is -0.637. The second-order valence-corrected chi connectivity index (χ2v) is 11.1. The van der Waals surface area contributed by atoms with Gasteiger partial charge in [-0.25, -0.2) is 14.4 Å². The molecule has 53 heavy (non-hydrogen) atoms. The fraction of sp³-hybridized carbons (Fsp3) is 0.275. The van der Waals surface area contributed by atoms with Crippen molar-refractivity contribution in [3.05, 3.63) is 102 Å². The van der Waals surface area contributed by atoms with Crippen LogP contribution < -0.4 is 29.0 Å². The number of amides is 1. The number of anilines is 1. The summed E-state index contributed by atoms with van der Waals surface area (Å²) in [4.78, 5) is 48.3. The number of carbonyl (C=O) groups is 4. The minimum absolute atomic E-state index is 0.153. The summed E-state index contributed by atoms with van der Waals surface area (Å²) in [6.07, 6.45) is 6.12. The Balaban J connectivity index is 1.57. The molecule has 0 aliphatic carbocycles. The van der Waals surface area contributed by atoms with E-state index in [1.807, 2.05) is 6.07 Å². The molecule has 3 aromatic carbocycles. The third kappa shape index (κ3) is 13.3. The second-order valence-electron chi connectivity index (χ2n) is 11.1. The van der Waals surface area contributed by atoms with Crippen LogP contribution in [0, 0.1) is 18.3 Å². The van der Waals surface area contributed by atoms with Crippen LogP contribution >= 0.6 is 0 Å². The van der Waals surface area contributed by atoms with E-state index in [0.717, 1.165) is 12.2 Å². The van der Waals surface area contributed by atoms with Gasteiger partial charge in [-0.1, -0.05) is 19.2 Å². The number of nitrogens with one attached hydrogen (secondary N) is 1. The first-order chi connectivity index (χ1) is 25.6. The van der Waals surface area contributed by atoms with Gasteiger partial charge in [0.15, 0.2) is 23.0 Å². The molecular formula is C40H42N2O11. The predicted molar refractivity (Wildman–Crippen MR) is 196 cm³/mol. The van der Waals surface area contributed by atoms with E-state index in [-0.39, 0.29) is 30.1 Å². The number of hydrogen-bond donors (Lipinski definition) is 1. The summed E-state index contributed by atoms with van der Waals surface area (Å²) in [6.45, 7) is 9.64. The molecule has 0 aliphatic rings. The Bertz CT molecular complexity index is 1860. The summed E-state index contributed by atoms with van der Waals surface area (Å²) < 4.78 is 37.8. The highest BCUT2D eigenvalue weighted by molar-refractivity contribution is 6.10. The molecule has 13 heteroatoms. The van der Waals surface area contributed by atoms with Gasteiger partial charge in [-0.3, -0.25) is 4.79 Å². The second kappa shape index (κ2) is 21.6. The normalized spacial score (nSPS) is 10.6. The van der Waals surface area contributed by atoms with Gasteiger partial charge in [0.25, 0.3) is 5.91 Å². The summed E-state index contributed by atoms with van der Waals surface area (Å²) in [7, 11) is 2.94.